The van der Waals surface area contributed by atoms with Gasteiger partial charge in [0.05, 0.1) is 30.6 Å². The Kier molecular flexibility index (Phi) is 7.40. The smallest absolute Gasteiger partial charge is 0.249 e. The highest BCUT2D eigenvalue weighted by Gasteiger charge is 2.72. The summed E-state index contributed by atoms with van der Waals surface area (Å²) in [4.78, 5) is 48.8. The average molecular weight is 590 g/mol. The summed E-state index contributed by atoms with van der Waals surface area (Å²) in [5.74, 6) is -2.54. The van der Waals surface area contributed by atoms with Gasteiger partial charge >= 0.3 is 0 Å². The van der Waals surface area contributed by atoms with Crippen molar-refractivity contribution in [3.05, 3.63) is 132 Å². The maximum absolute atomic E-state index is 14.8. The van der Waals surface area contributed by atoms with Gasteiger partial charge in [-0.3, -0.25) is 14.4 Å². The minimum Gasteiger partial charge on any atom is -0.394 e. The van der Waals surface area contributed by atoms with Crippen LogP contribution in [0.3, 0.4) is 0 Å². The second-order valence-electron chi connectivity index (χ2n) is 11.9. The summed E-state index contributed by atoms with van der Waals surface area (Å²) in [5.41, 5.74) is 1.30. The maximum Gasteiger partial charge on any atom is 0.249 e. The van der Waals surface area contributed by atoms with Gasteiger partial charge in [0, 0.05) is 26.2 Å². The molecule has 7 rings (SSSR count). The molecule has 4 heterocycles. The molecule has 2 fully saturated rings. The Morgan fingerprint density at radius 3 is 1.93 bits per heavy atom. The highest BCUT2D eigenvalue weighted by atomic mass is 16.5. The van der Waals surface area contributed by atoms with E-state index in [1.807, 2.05) is 115 Å². The van der Waals surface area contributed by atoms with E-state index in [1.54, 1.807) is 9.80 Å². The number of carbonyl (C=O) groups excluding carboxylic acids is 3. The van der Waals surface area contributed by atoms with Crippen LogP contribution in [-0.4, -0.2) is 75.0 Å². The Morgan fingerprint density at radius 1 is 0.750 bits per heavy atom. The molecule has 224 valence electrons. The van der Waals surface area contributed by atoms with E-state index < -0.39 is 35.6 Å². The molecule has 2 saturated heterocycles. The lowest BCUT2D eigenvalue weighted by atomic mass is 9.77. The third-order valence-corrected chi connectivity index (χ3v) is 9.39. The SMILES string of the molecule is O=C1C2N([C@H](CO)c3ccccc3)C(=O)[C@@H]3[C@H]4C(=O)N(Cc5ccccc5)CC=C[C@H]4O[C@]23C=CCN1Cc1ccccc1. The number of likely N-dealkylation sites (tertiary alicyclic amines) is 1. The number of ether oxygens (including phenoxy) is 1. The Balaban J connectivity index is 1.31. The molecule has 44 heavy (non-hydrogen) atoms. The van der Waals surface area contributed by atoms with Gasteiger partial charge in [-0.05, 0) is 16.7 Å². The molecule has 1 spiro atoms. The van der Waals surface area contributed by atoms with Crippen LogP contribution in [0.5, 0.6) is 0 Å². The molecule has 6 atom stereocenters. The van der Waals surface area contributed by atoms with Crippen molar-refractivity contribution in [2.75, 3.05) is 19.7 Å². The second kappa shape index (κ2) is 11.5. The Morgan fingerprint density at radius 2 is 1.32 bits per heavy atom. The van der Waals surface area contributed by atoms with E-state index in [0.717, 1.165) is 11.1 Å². The predicted molar refractivity (Wildman–Crippen MR) is 163 cm³/mol. The number of aliphatic hydroxyl groups excluding tert-OH is 1. The summed E-state index contributed by atoms with van der Waals surface area (Å²) in [7, 11) is 0. The monoisotopic (exact) mass is 589 g/mol. The number of rotatable bonds is 7. The zero-order chi connectivity index (χ0) is 30.3. The number of aliphatic hydroxyl groups is 1. The van der Waals surface area contributed by atoms with Crippen LogP contribution >= 0.6 is 0 Å². The fourth-order valence-electron chi connectivity index (χ4n) is 7.43. The van der Waals surface area contributed by atoms with Gasteiger partial charge in [0.2, 0.25) is 17.7 Å². The van der Waals surface area contributed by atoms with E-state index in [2.05, 4.69) is 0 Å². The van der Waals surface area contributed by atoms with Crippen LogP contribution in [0.4, 0.5) is 0 Å². The van der Waals surface area contributed by atoms with Crippen molar-refractivity contribution in [2.45, 2.75) is 36.9 Å². The van der Waals surface area contributed by atoms with E-state index in [1.165, 1.54) is 4.90 Å². The molecule has 8 heteroatoms. The van der Waals surface area contributed by atoms with Gasteiger partial charge in [-0.15, -0.1) is 0 Å². The van der Waals surface area contributed by atoms with Gasteiger partial charge in [-0.1, -0.05) is 115 Å². The van der Waals surface area contributed by atoms with Crippen molar-refractivity contribution in [3.8, 4) is 0 Å². The molecular weight excluding hydrogens is 554 g/mol. The quantitative estimate of drug-likeness (QED) is 0.426. The minimum absolute atomic E-state index is 0.175. The van der Waals surface area contributed by atoms with Crippen LogP contribution in [0.1, 0.15) is 22.7 Å². The van der Waals surface area contributed by atoms with Gasteiger partial charge in [0.15, 0.2) is 0 Å². The molecule has 3 aromatic rings. The lowest BCUT2D eigenvalue weighted by Gasteiger charge is -2.38. The predicted octanol–water partition coefficient (Wildman–Crippen LogP) is 3.50. The number of nitrogens with zero attached hydrogens (tertiary/aromatic N) is 3. The third-order valence-electron chi connectivity index (χ3n) is 9.39. The van der Waals surface area contributed by atoms with Crippen LogP contribution in [0.25, 0.3) is 0 Å². The summed E-state index contributed by atoms with van der Waals surface area (Å²) in [6, 6.07) is 26.9. The minimum atomic E-state index is -1.37. The Bertz CT molecular complexity index is 1590. The lowest BCUT2D eigenvalue weighted by Crippen LogP contribution is -2.56. The molecular formula is C36H35N3O5. The Hall–Kier alpha value is -4.53. The molecule has 4 aliphatic rings. The van der Waals surface area contributed by atoms with Gasteiger partial charge < -0.3 is 24.5 Å². The zero-order valence-corrected chi connectivity index (χ0v) is 24.3. The fraction of sp³-hybridized carbons (Fsp3) is 0.306. The summed E-state index contributed by atoms with van der Waals surface area (Å²) in [5, 5.41) is 10.7. The summed E-state index contributed by atoms with van der Waals surface area (Å²) >= 11 is 0. The van der Waals surface area contributed by atoms with E-state index in [0.29, 0.717) is 31.7 Å². The van der Waals surface area contributed by atoms with E-state index >= 15 is 0 Å². The van der Waals surface area contributed by atoms with Crippen molar-refractivity contribution >= 4 is 17.7 Å². The normalized spacial score (nSPS) is 28.4. The van der Waals surface area contributed by atoms with Crippen molar-refractivity contribution < 1.29 is 24.2 Å². The first-order valence-corrected chi connectivity index (χ1v) is 15.2. The van der Waals surface area contributed by atoms with Crippen molar-refractivity contribution in [1.29, 1.82) is 0 Å². The molecule has 0 bridgehead atoms. The molecule has 0 aromatic heterocycles. The lowest BCUT2D eigenvalue weighted by molar-refractivity contribution is -0.151. The molecule has 1 unspecified atom stereocenters. The van der Waals surface area contributed by atoms with E-state index in [9.17, 15) is 19.5 Å². The first kappa shape index (κ1) is 28.3. The van der Waals surface area contributed by atoms with E-state index in [4.69, 9.17) is 4.74 Å². The number of benzene rings is 3. The number of carbonyl (C=O) groups is 3. The number of hydrogen-bond donors (Lipinski definition) is 1. The summed E-state index contributed by atoms with van der Waals surface area (Å²) in [6.45, 7) is 1.10. The molecule has 3 aromatic carbocycles. The van der Waals surface area contributed by atoms with Crippen LogP contribution < -0.4 is 0 Å². The maximum atomic E-state index is 14.8. The molecule has 1 N–H and O–H groups in total. The van der Waals surface area contributed by atoms with Crippen LogP contribution in [0.15, 0.2) is 115 Å². The summed E-state index contributed by atoms with van der Waals surface area (Å²) in [6.07, 6.45) is 6.87. The standard InChI is InChI=1S/C36H35N3O5/c40-24-28(27-16-8-3-9-17-27)39-32-35(43)38(23-26-14-6-2-7-15-26)21-11-19-36(32)31(34(39)42)30-29(44-36)18-10-20-37(33(30)41)22-25-12-4-1-5-13-25/h1-19,28-32,40H,20-24H2/t28-,29-,30+,31+,32?,36+/m1/s1. The first-order chi connectivity index (χ1) is 21.5. The van der Waals surface area contributed by atoms with Crippen molar-refractivity contribution in [1.82, 2.24) is 14.7 Å². The molecule has 0 radical (unpaired) electrons. The average Bonchev–Trinajstić information content (AvgIpc) is 3.38. The molecule has 0 aliphatic carbocycles. The van der Waals surface area contributed by atoms with Crippen LogP contribution in [0, 0.1) is 11.8 Å². The van der Waals surface area contributed by atoms with Crippen molar-refractivity contribution in [2.24, 2.45) is 11.8 Å². The zero-order valence-electron chi connectivity index (χ0n) is 24.3. The largest absolute Gasteiger partial charge is 0.394 e. The van der Waals surface area contributed by atoms with Gasteiger partial charge in [-0.25, -0.2) is 0 Å². The Labute approximate surface area is 256 Å². The molecule has 3 amide bonds. The fourth-order valence-corrected chi connectivity index (χ4v) is 7.43. The van der Waals surface area contributed by atoms with Crippen molar-refractivity contribution in [3.63, 3.8) is 0 Å². The molecule has 8 nitrogen and oxygen atoms in total. The second-order valence-corrected chi connectivity index (χ2v) is 11.9. The van der Waals surface area contributed by atoms with Gasteiger partial charge in [-0.2, -0.15) is 0 Å². The topological polar surface area (TPSA) is 90.4 Å². The first-order valence-electron chi connectivity index (χ1n) is 15.2. The van der Waals surface area contributed by atoms with Gasteiger partial charge in [0.1, 0.15) is 11.6 Å². The van der Waals surface area contributed by atoms with Crippen LogP contribution in [0.2, 0.25) is 0 Å². The van der Waals surface area contributed by atoms with Crippen LogP contribution in [-0.2, 0) is 32.2 Å². The number of fused-ring (bicyclic) bond motifs is 2. The number of amides is 3. The molecule has 4 aliphatic heterocycles. The highest BCUT2D eigenvalue weighted by molar-refractivity contribution is 6.00. The summed E-state index contributed by atoms with van der Waals surface area (Å²) < 4.78 is 6.80. The third kappa shape index (κ3) is 4.66. The highest BCUT2D eigenvalue weighted by Crippen LogP contribution is 2.55. The number of hydrogen-bond acceptors (Lipinski definition) is 5. The molecule has 0 saturated carbocycles. The van der Waals surface area contributed by atoms with Gasteiger partial charge in [0.25, 0.3) is 0 Å². The van der Waals surface area contributed by atoms with E-state index in [-0.39, 0.29) is 24.3 Å².